The van der Waals surface area contributed by atoms with Gasteiger partial charge in [-0.2, -0.15) is 0 Å². The van der Waals surface area contributed by atoms with Crippen molar-refractivity contribution in [3.05, 3.63) is 63.9 Å². The van der Waals surface area contributed by atoms with Crippen molar-refractivity contribution in [2.75, 3.05) is 19.7 Å². The first-order valence-corrected chi connectivity index (χ1v) is 11.3. The molecule has 1 amide bonds. The first-order valence-electron chi connectivity index (χ1n) is 10.6. The van der Waals surface area contributed by atoms with Crippen LogP contribution < -0.4 is 5.32 Å². The highest BCUT2D eigenvalue weighted by molar-refractivity contribution is 6.42. The number of rotatable bonds is 6. The highest BCUT2D eigenvalue weighted by Crippen LogP contribution is 2.31. The van der Waals surface area contributed by atoms with Crippen LogP contribution in [0.15, 0.2) is 42.6 Å². The van der Waals surface area contributed by atoms with Crippen LogP contribution >= 0.6 is 23.2 Å². The minimum absolute atomic E-state index is 0.0234. The minimum Gasteiger partial charge on any atom is -0.368 e. The number of halogens is 2. The van der Waals surface area contributed by atoms with E-state index in [1.54, 1.807) is 6.20 Å². The molecule has 5 nitrogen and oxygen atoms in total. The third-order valence-corrected chi connectivity index (χ3v) is 6.67. The Morgan fingerprint density at radius 3 is 2.83 bits per heavy atom. The molecule has 2 aliphatic heterocycles. The fourth-order valence-electron chi connectivity index (χ4n) is 4.43. The number of hydrogen-bond acceptors (Lipinski definition) is 4. The number of aromatic nitrogens is 1. The van der Waals surface area contributed by atoms with Crippen LogP contribution in [-0.4, -0.2) is 41.6 Å². The summed E-state index contributed by atoms with van der Waals surface area (Å²) < 4.78 is 5.59. The number of carbonyl (C=O) groups excluding carboxylic acids is 1. The normalized spacial score (nSPS) is 23.3. The topological polar surface area (TPSA) is 54.5 Å². The molecule has 0 saturated carbocycles. The van der Waals surface area contributed by atoms with Crippen molar-refractivity contribution >= 4 is 29.1 Å². The van der Waals surface area contributed by atoms with Gasteiger partial charge in [-0.25, -0.2) is 0 Å². The summed E-state index contributed by atoms with van der Waals surface area (Å²) in [5.41, 5.74) is 2.05. The molecule has 0 bridgehead atoms. The standard InChI is InChI=1S/C23H27Cl2N3O2/c24-18-9-8-16(13-19(18)25)14-28-11-3-5-17(15-28)22(20-6-1-2-10-26-20)27-23(29)21-7-4-12-30-21/h1-2,6,8-10,13,17,21-22H,3-5,7,11-12,14-15H2,(H,27,29)/t17-,21-,22+/m1/s1. The van der Waals surface area contributed by atoms with Gasteiger partial charge in [0.1, 0.15) is 6.10 Å². The van der Waals surface area contributed by atoms with E-state index >= 15 is 0 Å². The second-order valence-corrected chi connectivity index (χ2v) is 8.94. The van der Waals surface area contributed by atoms with Crippen molar-refractivity contribution in [3.8, 4) is 0 Å². The zero-order valence-corrected chi connectivity index (χ0v) is 18.4. The Morgan fingerprint density at radius 1 is 1.20 bits per heavy atom. The van der Waals surface area contributed by atoms with E-state index < -0.39 is 0 Å². The first-order chi connectivity index (χ1) is 14.6. The van der Waals surface area contributed by atoms with Crippen molar-refractivity contribution < 1.29 is 9.53 Å². The highest BCUT2D eigenvalue weighted by atomic mass is 35.5. The molecule has 1 aromatic carbocycles. The fraction of sp³-hybridized carbons (Fsp3) is 0.478. The van der Waals surface area contributed by atoms with Crippen LogP contribution in [0.5, 0.6) is 0 Å². The van der Waals surface area contributed by atoms with E-state index in [0.717, 1.165) is 56.6 Å². The molecule has 2 fully saturated rings. The van der Waals surface area contributed by atoms with Gasteiger partial charge in [-0.05, 0) is 68.0 Å². The van der Waals surface area contributed by atoms with Crippen molar-refractivity contribution in [1.29, 1.82) is 0 Å². The molecule has 1 aromatic heterocycles. The highest BCUT2D eigenvalue weighted by Gasteiger charge is 2.33. The molecule has 0 spiro atoms. The molecule has 3 heterocycles. The summed E-state index contributed by atoms with van der Waals surface area (Å²) in [4.78, 5) is 19.8. The Kier molecular flexibility index (Phi) is 7.26. The lowest BCUT2D eigenvalue weighted by molar-refractivity contribution is -0.131. The molecule has 30 heavy (non-hydrogen) atoms. The lowest BCUT2D eigenvalue weighted by atomic mass is 9.88. The first kappa shape index (κ1) is 21.6. The number of hydrogen-bond donors (Lipinski definition) is 1. The summed E-state index contributed by atoms with van der Waals surface area (Å²) in [5, 5.41) is 4.41. The lowest BCUT2D eigenvalue weighted by Gasteiger charge is -2.37. The Bertz CT molecular complexity index is 859. The second kappa shape index (κ2) is 10.1. The number of nitrogens with zero attached hydrogens (tertiary/aromatic N) is 2. The summed E-state index contributed by atoms with van der Waals surface area (Å²) in [7, 11) is 0. The quantitative estimate of drug-likeness (QED) is 0.700. The molecular formula is C23H27Cl2N3O2. The molecule has 0 radical (unpaired) electrons. The molecule has 7 heteroatoms. The van der Waals surface area contributed by atoms with Crippen molar-refractivity contribution in [1.82, 2.24) is 15.2 Å². The third kappa shape index (κ3) is 5.33. The Labute approximate surface area is 187 Å². The number of ether oxygens (including phenoxy) is 1. The summed E-state index contributed by atoms with van der Waals surface area (Å²) in [6.45, 7) is 3.37. The van der Waals surface area contributed by atoms with Gasteiger partial charge >= 0.3 is 0 Å². The van der Waals surface area contributed by atoms with Crippen LogP contribution in [0.4, 0.5) is 0 Å². The van der Waals surface area contributed by atoms with E-state index in [-0.39, 0.29) is 24.0 Å². The number of carbonyl (C=O) groups is 1. The van der Waals surface area contributed by atoms with E-state index in [2.05, 4.69) is 15.2 Å². The number of likely N-dealkylation sites (tertiary alicyclic amines) is 1. The summed E-state index contributed by atoms with van der Waals surface area (Å²) in [5.74, 6) is 0.256. The van der Waals surface area contributed by atoms with Gasteiger partial charge in [0.25, 0.3) is 0 Å². The van der Waals surface area contributed by atoms with Crippen LogP contribution in [0.25, 0.3) is 0 Å². The number of pyridine rings is 1. The van der Waals surface area contributed by atoms with Gasteiger partial charge < -0.3 is 10.1 Å². The Balaban J connectivity index is 1.48. The summed E-state index contributed by atoms with van der Waals surface area (Å²) in [6, 6.07) is 11.6. The SMILES string of the molecule is O=C(N[C@H](c1ccccn1)[C@@H]1CCCN(Cc2ccc(Cl)c(Cl)c2)C1)[C@H]1CCCO1. The number of amides is 1. The molecule has 2 aromatic rings. The van der Waals surface area contributed by atoms with Crippen LogP contribution in [0.2, 0.25) is 10.0 Å². The van der Waals surface area contributed by atoms with Gasteiger partial charge in [0.15, 0.2) is 0 Å². The fourth-order valence-corrected chi connectivity index (χ4v) is 4.75. The van der Waals surface area contributed by atoms with Gasteiger partial charge in [-0.3, -0.25) is 14.7 Å². The monoisotopic (exact) mass is 447 g/mol. The van der Waals surface area contributed by atoms with E-state index in [4.69, 9.17) is 27.9 Å². The molecule has 3 atom stereocenters. The Hall–Kier alpha value is -1.66. The van der Waals surface area contributed by atoms with E-state index in [1.807, 2.05) is 36.4 Å². The minimum atomic E-state index is -0.341. The van der Waals surface area contributed by atoms with Gasteiger partial charge in [0, 0.05) is 25.9 Å². The van der Waals surface area contributed by atoms with Crippen LogP contribution in [0.1, 0.15) is 43.0 Å². The van der Waals surface area contributed by atoms with E-state index in [1.165, 1.54) is 0 Å². The number of nitrogens with one attached hydrogen (secondary N) is 1. The average molecular weight is 448 g/mol. The van der Waals surface area contributed by atoms with Crippen molar-refractivity contribution in [3.63, 3.8) is 0 Å². The second-order valence-electron chi connectivity index (χ2n) is 8.13. The van der Waals surface area contributed by atoms with Crippen LogP contribution in [0.3, 0.4) is 0 Å². The van der Waals surface area contributed by atoms with Gasteiger partial charge in [0.05, 0.1) is 21.8 Å². The maximum absolute atomic E-state index is 12.8. The van der Waals surface area contributed by atoms with Crippen LogP contribution in [0, 0.1) is 5.92 Å². The summed E-state index contributed by atoms with van der Waals surface area (Å²) in [6.07, 6.45) is 5.29. The smallest absolute Gasteiger partial charge is 0.249 e. The zero-order valence-electron chi connectivity index (χ0n) is 16.9. The molecule has 2 aliphatic rings. The zero-order chi connectivity index (χ0) is 20.9. The maximum Gasteiger partial charge on any atom is 0.249 e. The van der Waals surface area contributed by atoms with Gasteiger partial charge in [0.2, 0.25) is 5.91 Å². The van der Waals surface area contributed by atoms with Gasteiger partial charge in [-0.1, -0.05) is 35.3 Å². The molecule has 0 unspecified atom stereocenters. The predicted octanol–water partition coefficient (Wildman–Crippen LogP) is 4.64. The van der Waals surface area contributed by atoms with Crippen molar-refractivity contribution in [2.24, 2.45) is 5.92 Å². The Morgan fingerprint density at radius 2 is 2.10 bits per heavy atom. The predicted molar refractivity (Wildman–Crippen MR) is 119 cm³/mol. The molecule has 1 N–H and O–H groups in total. The van der Waals surface area contributed by atoms with E-state index in [0.29, 0.717) is 16.7 Å². The lowest BCUT2D eigenvalue weighted by Crippen LogP contribution is -2.45. The van der Waals surface area contributed by atoms with Crippen LogP contribution in [-0.2, 0) is 16.1 Å². The van der Waals surface area contributed by atoms with Gasteiger partial charge in [-0.15, -0.1) is 0 Å². The number of benzene rings is 1. The van der Waals surface area contributed by atoms with Crippen molar-refractivity contribution in [2.45, 2.75) is 44.4 Å². The number of piperidine rings is 1. The molecule has 0 aliphatic carbocycles. The maximum atomic E-state index is 12.8. The molecule has 160 valence electrons. The molecule has 2 saturated heterocycles. The molecular weight excluding hydrogens is 421 g/mol. The average Bonchev–Trinajstić information content (AvgIpc) is 3.30. The summed E-state index contributed by atoms with van der Waals surface area (Å²) >= 11 is 12.2. The molecule has 4 rings (SSSR count). The third-order valence-electron chi connectivity index (χ3n) is 5.93. The van der Waals surface area contributed by atoms with E-state index in [9.17, 15) is 4.79 Å². The largest absolute Gasteiger partial charge is 0.368 e.